The lowest BCUT2D eigenvalue weighted by atomic mass is 9.93. The minimum absolute atomic E-state index is 0.00324. The number of nitrogens with one attached hydrogen (secondary N) is 1. The molecule has 0 aliphatic carbocycles. The lowest BCUT2D eigenvalue weighted by molar-refractivity contribution is -0.144. The van der Waals surface area contributed by atoms with Crippen LogP contribution >= 0.6 is 0 Å². The number of hydrogen-bond acceptors (Lipinski definition) is 2. The molecule has 1 N–H and O–H groups in total. The fraction of sp³-hybridized carbons (Fsp3) is 0.600. The molecule has 1 heterocycles. The van der Waals surface area contributed by atoms with Gasteiger partial charge in [-0.15, -0.1) is 0 Å². The summed E-state index contributed by atoms with van der Waals surface area (Å²) < 4.78 is 92.5. The smallest absolute Gasteiger partial charge is 0.314 e. The maximum absolute atomic E-state index is 14.3. The number of piperazine rings is 1. The molecule has 0 amide bonds. The van der Waals surface area contributed by atoms with Gasteiger partial charge in [0.15, 0.2) is 0 Å². The quantitative estimate of drug-likeness (QED) is 0.814. The molecule has 0 bridgehead atoms. The maximum atomic E-state index is 14.3. The third kappa shape index (κ3) is 4.00. The molecule has 1 aliphatic heterocycles. The van der Waals surface area contributed by atoms with Gasteiger partial charge in [0.2, 0.25) is 0 Å². The van der Waals surface area contributed by atoms with Crippen molar-refractivity contribution >= 4 is 0 Å². The minimum Gasteiger partial charge on any atom is -0.314 e. The highest BCUT2D eigenvalue weighted by molar-refractivity contribution is 5.39. The normalized spacial score (nSPS) is 18.7. The second-order valence-corrected chi connectivity index (χ2v) is 5.62. The summed E-state index contributed by atoms with van der Waals surface area (Å²) in [5.41, 5.74) is -3.90. The number of halogens is 7. The summed E-state index contributed by atoms with van der Waals surface area (Å²) in [6.07, 6.45) is -9.96. The molecule has 0 aromatic heterocycles. The zero-order valence-electron chi connectivity index (χ0n) is 12.9. The molecule has 0 radical (unpaired) electrons. The molecule has 1 saturated heterocycles. The van der Waals surface area contributed by atoms with Crippen LogP contribution in [0.1, 0.15) is 36.1 Å². The fourth-order valence-electron chi connectivity index (χ4n) is 2.99. The van der Waals surface area contributed by atoms with Gasteiger partial charge in [0.25, 0.3) is 0 Å². The van der Waals surface area contributed by atoms with Gasteiger partial charge in [-0.3, -0.25) is 4.90 Å². The summed E-state index contributed by atoms with van der Waals surface area (Å²) in [5.74, 6) is -1.47. The Morgan fingerprint density at radius 2 is 1.62 bits per heavy atom. The molecule has 1 aromatic carbocycles. The molecule has 2 nitrogen and oxygen atoms in total. The molecule has 2 rings (SSSR count). The summed E-state index contributed by atoms with van der Waals surface area (Å²) in [7, 11) is 0. The van der Waals surface area contributed by atoms with Crippen LogP contribution in [0.5, 0.6) is 0 Å². The fourth-order valence-corrected chi connectivity index (χ4v) is 2.99. The number of nitrogens with zero attached hydrogens (tertiary/aromatic N) is 1. The van der Waals surface area contributed by atoms with Gasteiger partial charge in [0.1, 0.15) is 5.82 Å². The van der Waals surface area contributed by atoms with E-state index in [1.165, 1.54) is 0 Å². The molecule has 1 fully saturated rings. The van der Waals surface area contributed by atoms with Crippen molar-refractivity contribution in [3.8, 4) is 0 Å². The van der Waals surface area contributed by atoms with Crippen LogP contribution in [-0.4, -0.2) is 31.1 Å². The lowest BCUT2D eigenvalue weighted by Crippen LogP contribution is -2.45. The molecule has 24 heavy (non-hydrogen) atoms. The predicted octanol–water partition coefficient (Wildman–Crippen LogP) is 4.22. The Hall–Kier alpha value is -1.35. The summed E-state index contributed by atoms with van der Waals surface area (Å²) in [6.45, 7) is 3.44. The molecule has 9 heteroatoms. The van der Waals surface area contributed by atoms with Crippen LogP contribution in [0.15, 0.2) is 12.1 Å². The third-order valence-corrected chi connectivity index (χ3v) is 4.07. The Bertz CT molecular complexity index is 574. The number of alkyl halides is 6. The van der Waals surface area contributed by atoms with Crippen LogP contribution < -0.4 is 5.32 Å². The van der Waals surface area contributed by atoms with E-state index >= 15 is 0 Å². The second kappa shape index (κ2) is 6.87. The summed E-state index contributed by atoms with van der Waals surface area (Å²) in [4.78, 5) is 1.66. The first-order valence-electron chi connectivity index (χ1n) is 7.48. The third-order valence-electron chi connectivity index (χ3n) is 4.07. The molecule has 0 spiro atoms. The highest BCUT2D eigenvalue weighted by Gasteiger charge is 2.42. The van der Waals surface area contributed by atoms with Crippen molar-refractivity contribution < 1.29 is 30.7 Å². The Balaban J connectivity index is 2.58. The van der Waals surface area contributed by atoms with E-state index in [0.29, 0.717) is 26.2 Å². The van der Waals surface area contributed by atoms with Crippen molar-refractivity contribution in [2.45, 2.75) is 31.7 Å². The van der Waals surface area contributed by atoms with Crippen LogP contribution in [0, 0.1) is 5.82 Å². The van der Waals surface area contributed by atoms with E-state index in [4.69, 9.17) is 0 Å². The predicted molar refractivity (Wildman–Crippen MR) is 73.9 cm³/mol. The summed E-state index contributed by atoms with van der Waals surface area (Å²) in [5, 5.41) is 3.03. The van der Waals surface area contributed by atoms with E-state index in [-0.39, 0.29) is 18.6 Å². The van der Waals surface area contributed by atoms with E-state index in [1.54, 1.807) is 11.8 Å². The first-order chi connectivity index (χ1) is 11.1. The van der Waals surface area contributed by atoms with Gasteiger partial charge in [0, 0.05) is 37.8 Å². The van der Waals surface area contributed by atoms with Crippen molar-refractivity contribution in [1.29, 1.82) is 0 Å². The van der Waals surface area contributed by atoms with E-state index < -0.39 is 40.9 Å². The summed E-state index contributed by atoms with van der Waals surface area (Å²) in [6, 6.07) is -0.774. The molecule has 136 valence electrons. The maximum Gasteiger partial charge on any atom is 0.416 e. The van der Waals surface area contributed by atoms with E-state index in [2.05, 4.69) is 5.32 Å². The standard InChI is InChI=1S/C15H17F7N2/c1-2-12(24-5-3-23-4-6-24)13-10(15(20,21)22)7-9(8-11(13)16)14(17,18)19/h7-8,12,23H,2-6H2,1H3/t12-/m1/s1. The minimum atomic E-state index is -5.07. The molecular weight excluding hydrogens is 341 g/mol. The van der Waals surface area contributed by atoms with Crippen LogP contribution in [0.25, 0.3) is 0 Å². The number of rotatable bonds is 3. The van der Waals surface area contributed by atoms with Crippen LogP contribution in [0.4, 0.5) is 30.7 Å². The SMILES string of the molecule is CC[C@H](c1c(F)cc(C(F)(F)F)cc1C(F)(F)F)N1CCNCC1. The van der Waals surface area contributed by atoms with E-state index in [9.17, 15) is 30.7 Å². The molecule has 0 unspecified atom stereocenters. The summed E-state index contributed by atoms with van der Waals surface area (Å²) >= 11 is 0. The van der Waals surface area contributed by atoms with Gasteiger partial charge in [-0.1, -0.05) is 6.92 Å². The molecule has 1 atom stereocenters. The average Bonchev–Trinajstić information content (AvgIpc) is 2.48. The Morgan fingerprint density at radius 3 is 2.08 bits per heavy atom. The van der Waals surface area contributed by atoms with Gasteiger partial charge in [-0.2, -0.15) is 26.3 Å². The Labute approximate surface area is 134 Å². The van der Waals surface area contributed by atoms with Crippen molar-refractivity contribution in [1.82, 2.24) is 10.2 Å². The van der Waals surface area contributed by atoms with Crippen LogP contribution in [0.2, 0.25) is 0 Å². The molecule has 0 saturated carbocycles. The Kier molecular flexibility index (Phi) is 5.44. The number of benzene rings is 1. The average molecular weight is 358 g/mol. The van der Waals surface area contributed by atoms with Crippen LogP contribution in [-0.2, 0) is 12.4 Å². The van der Waals surface area contributed by atoms with Gasteiger partial charge in [-0.25, -0.2) is 4.39 Å². The van der Waals surface area contributed by atoms with Crippen molar-refractivity contribution in [3.63, 3.8) is 0 Å². The van der Waals surface area contributed by atoms with Crippen molar-refractivity contribution in [2.75, 3.05) is 26.2 Å². The number of hydrogen-bond donors (Lipinski definition) is 1. The zero-order chi connectivity index (χ0) is 18.1. The zero-order valence-corrected chi connectivity index (χ0v) is 12.9. The van der Waals surface area contributed by atoms with Gasteiger partial charge in [0.05, 0.1) is 11.1 Å². The molecule has 1 aliphatic rings. The van der Waals surface area contributed by atoms with Crippen molar-refractivity contribution in [3.05, 3.63) is 34.6 Å². The first kappa shape index (κ1) is 19.0. The topological polar surface area (TPSA) is 15.3 Å². The lowest BCUT2D eigenvalue weighted by Gasteiger charge is -2.36. The monoisotopic (exact) mass is 358 g/mol. The van der Waals surface area contributed by atoms with Crippen molar-refractivity contribution in [2.24, 2.45) is 0 Å². The molecular formula is C15H17F7N2. The van der Waals surface area contributed by atoms with Crippen LogP contribution in [0.3, 0.4) is 0 Å². The van der Waals surface area contributed by atoms with Gasteiger partial charge >= 0.3 is 12.4 Å². The van der Waals surface area contributed by atoms with Gasteiger partial charge in [-0.05, 0) is 18.6 Å². The highest BCUT2D eigenvalue weighted by atomic mass is 19.4. The molecule has 1 aromatic rings. The van der Waals surface area contributed by atoms with Gasteiger partial charge < -0.3 is 5.32 Å². The highest BCUT2D eigenvalue weighted by Crippen LogP contribution is 2.42. The second-order valence-electron chi connectivity index (χ2n) is 5.62. The Morgan fingerprint density at radius 1 is 1.04 bits per heavy atom. The first-order valence-corrected chi connectivity index (χ1v) is 7.48. The van der Waals surface area contributed by atoms with E-state index in [1.807, 2.05) is 0 Å². The van der Waals surface area contributed by atoms with E-state index in [0.717, 1.165) is 0 Å². The largest absolute Gasteiger partial charge is 0.416 e.